The third-order valence-electron chi connectivity index (χ3n) is 3.81. The molecule has 2 aromatic rings. The van der Waals surface area contributed by atoms with Gasteiger partial charge in [-0.25, -0.2) is 0 Å². The van der Waals surface area contributed by atoms with Crippen LogP contribution in [0.2, 0.25) is 0 Å². The van der Waals surface area contributed by atoms with Crippen molar-refractivity contribution in [3.05, 3.63) is 51.3 Å². The van der Waals surface area contributed by atoms with Crippen LogP contribution in [-0.4, -0.2) is 33.2 Å². The fourth-order valence-electron chi connectivity index (χ4n) is 2.44. The van der Waals surface area contributed by atoms with Crippen molar-refractivity contribution in [3.63, 3.8) is 0 Å². The highest BCUT2D eigenvalue weighted by Crippen LogP contribution is 2.21. The molecular weight excluding hydrogens is 340 g/mol. The van der Waals surface area contributed by atoms with E-state index in [1.54, 1.807) is 12.1 Å². The Balaban J connectivity index is 1.87. The minimum absolute atomic E-state index is 0.133. The SMILES string of the molecule is CCc1ccc(NC(=O)COC(=O)Cn2nc(C)c([N+](=O)[O-])c2C)cc1. The molecule has 0 spiro atoms. The number of anilines is 1. The van der Waals surface area contributed by atoms with Crippen LogP contribution in [0.5, 0.6) is 0 Å². The molecule has 9 heteroatoms. The van der Waals surface area contributed by atoms with Gasteiger partial charge in [0.05, 0.1) is 4.92 Å². The number of rotatable bonds is 7. The number of aryl methyl sites for hydroxylation is 2. The molecule has 0 atom stereocenters. The second-order valence-corrected chi connectivity index (χ2v) is 5.69. The maximum Gasteiger partial charge on any atom is 0.328 e. The van der Waals surface area contributed by atoms with Crippen molar-refractivity contribution in [2.24, 2.45) is 0 Å². The Labute approximate surface area is 150 Å². The molecular formula is C17H20N4O5. The van der Waals surface area contributed by atoms with Crippen LogP contribution in [0.15, 0.2) is 24.3 Å². The summed E-state index contributed by atoms with van der Waals surface area (Å²) in [5.41, 5.74) is 2.09. The number of nitro groups is 1. The molecule has 1 aromatic carbocycles. The van der Waals surface area contributed by atoms with Gasteiger partial charge in [0, 0.05) is 5.69 Å². The van der Waals surface area contributed by atoms with Crippen molar-refractivity contribution in [2.45, 2.75) is 33.7 Å². The van der Waals surface area contributed by atoms with Gasteiger partial charge in [0.25, 0.3) is 5.91 Å². The fraction of sp³-hybridized carbons (Fsp3) is 0.353. The maximum atomic E-state index is 11.9. The van der Waals surface area contributed by atoms with E-state index in [1.165, 1.54) is 18.5 Å². The first kappa shape index (κ1) is 19.1. The quantitative estimate of drug-likeness (QED) is 0.459. The summed E-state index contributed by atoms with van der Waals surface area (Å²) in [7, 11) is 0. The summed E-state index contributed by atoms with van der Waals surface area (Å²) in [6.07, 6.45) is 0.899. The Kier molecular flexibility index (Phi) is 6.05. The van der Waals surface area contributed by atoms with Crippen LogP contribution in [0, 0.1) is 24.0 Å². The Hall–Kier alpha value is -3.23. The average Bonchev–Trinajstić information content (AvgIpc) is 2.87. The molecule has 0 fully saturated rings. The average molecular weight is 360 g/mol. The van der Waals surface area contributed by atoms with Gasteiger partial charge in [-0.3, -0.25) is 24.4 Å². The topological polar surface area (TPSA) is 116 Å². The minimum atomic E-state index is -0.707. The van der Waals surface area contributed by atoms with Gasteiger partial charge in [0.2, 0.25) is 0 Å². The Bertz CT molecular complexity index is 826. The highest BCUT2D eigenvalue weighted by Gasteiger charge is 2.23. The molecule has 0 radical (unpaired) electrons. The number of nitrogens with one attached hydrogen (secondary N) is 1. The van der Waals surface area contributed by atoms with E-state index in [9.17, 15) is 19.7 Å². The van der Waals surface area contributed by atoms with E-state index in [4.69, 9.17) is 4.74 Å². The molecule has 9 nitrogen and oxygen atoms in total. The van der Waals surface area contributed by atoms with Gasteiger partial charge in [-0.05, 0) is 38.0 Å². The predicted octanol–water partition coefficient (Wildman–Crippen LogP) is 2.15. The van der Waals surface area contributed by atoms with E-state index in [1.807, 2.05) is 19.1 Å². The zero-order chi connectivity index (χ0) is 19.3. The van der Waals surface area contributed by atoms with Gasteiger partial charge in [-0.15, -0.1) is 0 Å². The van der Waals surface area contributed by atoms with E-state index < -0.39 is 23.4 Å². The second kappa shape index (κ2) is 8.24. The van der Waals surface area contributed by atoms with E-state index in [-0.39, 0.29) is 23.6 Å². The van der Waals surface area contributed by atoms with Gasteiger partial charge in [0.1, 0.15) is 17.9 Å². The molecule has 1 amide bonds. The Morgan fingerprint density at radius 1 is 1.27 bits per heavy atom. The summed E-state index contributed by atoms with van der Waals surface area (Å²) in [5.74, 6) is -1.18. The highest BCUT2D eigenvalue weighted by molar-refractivity contribution is 5.92. The van der Waals surface area contributed by atoms with Crippen LogP contribution in [0.3, 0.4) is 0 Å². The molecule has 0 aliphatic heterocycles. The molecule has 1 heterocycles. The Morgan fingerprint density at radius 2 is 1.92 bits per heavy atom. The van der Waals surface area contributed by atoms with Gasteiger partial charge >= 0.3 is 11.7 Å². The first-order chi connectivity index (χ1) is 12.3. The zero-order valence-electron chi connectivity index (χ0n) is 14.8. The van der Waals surface area contributed by atoms with E-state index in [0.29, 0.717) is 5.69 Å². The van der Waals surface area contributed by atoms with Gasteiger partial charge in [-0.1, -0.05) is 19.1 Å². The lowest BCUT2D eigenvalue weighted by molar-refractivity contribution is -0.386. The number of esters is 1. The molecule has 2 rings (SSSR count). The number of carbonyl (C=O) groups is 2. The molecule has 0 saturated carbocycles. The van der Waals surface area contributed by atoms with Crippen LogP contribution in [0.1, 0.15) is 23.9 Å². The smallest absolute Gasteiger partial charge is 0.328 e. The molecule has 0 aliphatic rings. The van der Waals surface area contributed by atoms with E-state index in [2.05, 4.69) is 10.4 Å². The normalized spacial score (nSPS) is 10.4. The fourth-order valence-corrected chi connectivity index (χ4v) is 2.44. The molecule has 1 N–H and O–H groups in total. The molecule has 138 valence electrons. The third kappa shape index (κ3) is 4.65. The number of benzene rings is 1. The summed E-state index contributed by atoms with van der Waals surface area (Å²) in [6.45, 7) is 4.27. The number of hydrogen-bond donors (Lipinski definition) is 1. The van der Waals surface area contributed by atoms with Gasteiger partial charge in [-0.2, -0.15) is 5.10 Å². The van der Waals surface area contributed by atoms with Crippen LogP contribution < -0.4 is 5.32 Å². The van der Waals surface area contributed by atoms with Crippen molar-refractivity contribution >= 4 is 23.3 Å². The number of hydrogen-bond acceptors (Lipinski definition) is 6. The number of ether oxygens (including phenoxy) is 1. The molecule has 0 unspecified atom stereocenters. The monoisotopic (exact) mass is 360 g/mol. The zero-order valence-corrected chi connectivity index (χ0v) is 14.8. The summed E-state index contributed by atoms with van der Waals surface area (Å²) < 4.78 is 6.10. The van der Waals surface area contributed by atoms with Crippen LogP contribution in [0.4, 0.5) is 11.4 Å². The number of aromatic nitrogens is 2. The Morgan fingerprint density at radius 3 is 2.46 bits per heavy atom. The number of carbonyl (C=O) groups excluding carboxylic acids is 2. The molecule has 0 saturated heterocycles. The molecule has 0 bridgehead atoms. The lowest BCUT2D eigenvalue weighted by atomic mass is 10.1. The van der Waals surface area contributed by atoms with Crippen molar-refractivity contribution in [1.29, 1.82) is 0 Å². The van der Waals surface area contributed by atoms with Crippen molar-refractivity contribution in [3.8, 4) is 0 Å². The number of nitrogens with zero attached hydrogens (tertiary/aromatic N) is 3. The van der Waals surface area contributed by atoms with Gasteiger partial charge < -0.3 is 10.1 Å². The second-order valence-electron chi connectivity index (χ2n) is 5.69. The summed E-state index contributed by atoms with van der Waals surface area (Å²) in [5, 5.41) is 17.5. The summed E-state index contributed by atoms with van der Waals surface area (Å²) in [6, 6.07) is 7.34. The first-order valence-corrected chi connectivity index (χ1v) is 8.04. The van der Waals surface area contributed by atoms with E-state index in [0.717, 1.165) is 12.0 Å². The van der Waals surface area contributed by atoms with Crippen molar-refractivity contribution in [1.82, 2.24) is 9.78 Å². The van der Waals surface area contributed by atoms with E-state index >= 15 is 0 Å². The summed E-state index contributed by atoms with van der Waals surface area (Å²) in [4.78, 5) is 34.1. The minimum Gasteiger partial charge on any atom is -0.454 e. The van der Waals surface area contributed by atoms with Crippen LogP contribution >= 0.6 is 0 Å². The van der Waals surface area contributed by atoms with Crippen molar-refractivity contribution < 1.29 is 19.2 Å². The maximum absolute atomic E-state index is 11.9. The van der Waals surface area contributed by atoms with Crippen molar-refractivity contribution in [2.75, 3.05) is 11.9 Å². The summed E-state index contributed by atoms with van der Waals surface area (Å²) >= 11 is 0. The first-order valence-electron chi connectivity index (χ1n) is 8.04. The van der Waals surface area contributed by atoms with Crippen LogP contribution in [0.25, 0.3) is 0 Å². The predicted molar refractivity (Wildman–Crippen MR) is 93.8 cm³/mol. The molecule has 26 heavy (non-hydrogen) atoms. The molecule has 1 aromatic heterocycles. The lowest BCUT2D eigenvalue weighted by Gasteiger charge is -2.08. The lowest BCUT2D eigenvalue weighted by Crippen LogP contribution is -2.23. The number of amides is 1. The van der Waals surface area contributed by atoms with Crippen LogP contribution in [-0.2, 0) is 27.3 Å². The molecule has 0 aliphatic carbocycles. The van der Waals surface area contributed by atoms with Gasteiger partial charge in [0.15, 0.2) is 6.61 Å². The highest BCUT2D eigenvalue weighted by atomic mass is 16.6. The standard InChI is InChI=1S/C17H20N4O5/c1-4-13-5-7-14(8-6-13)18-15(22)10-26-16(23)9-20-12(3)17(21(24)25)11(2)19-20/h5-8H,4,9-10H2,1-3H3,(H,18,22). The third-order valence-corrected chi connectivity index (χ3v) is 3.81. The largest absolute Gasteiger partial charge is 0.454 e.